The molecule has 0 aliphatic heterocycles. The summed E-state index contributed by atoms with van der Waals surface area (Å²) in [7, 11) is 0. The van der Waals surface area contributed by atoms with Gasteiger partial charge in [0, 0.05) is 17.1 Å². The highest BCUT2D eigenvalue weighted by Crippen LogP contribution is 2.34. The van der Waals surface area contributed by atoms with Crippen molar-refractivity contribution < 1.29 is 28.2 Å². The van der Waals surface area contributed by atoms with E-state index >= 15 is 0 Å². The standard InChI is InChI=1S/C25H27ClFN5O5S/c1-4-36-21-10-19-16(24(29-13-28-19)31-15-6-7-18(27)17(26)8-15)9-20(21)32-25(35)14(3)30-22(33)11-38-12-23(34)37-5-2/h6-10,13-14H,4-5,11-12H2,1-3H3,(H,30,33)(H,32,35)(H,28,29,31)/t14-/m1/s1. The van der Waals surface area contributed by atoms with Gasteiger partial charge in [-0.1, -0.05) is 11.6 Å². The first kappa shape index (κ1) is 28.9. The quantitative estimate of drug-likeness (QED) is 0.276. The predicted octanol–water partition coefficient (Wildman–Crippen LogP) is 4.30. The summed E-state index contributed by atoms with van der Waals surface area (Å²) in [5.41, 5.74) is 1.39. The molecule has 0 aliphatic carbocycles. The van der Waals surface area contributed by atoms with Crippen LogP contribution in [0.4, 0.5) is 21.6 Å². The molecule has 2 aromatic carbocycles. The van der Waals surface area contributed by atoms with Gasteiger partial charge in [-0.2, -0.15) is 0 Å². The highest BCUT2D eigenvalue weighted by Gasteiger charge is 2.19. The van der Waals surface area contributed by atoms with Gasteiger partial charge in [0.1, 0.15) is 29.8 Å². The van der Waals surface area contributed by atoms with Gasteiger partial charge in [-0.25, -0.2) is 14.4 Å². The summed E-state index contributed by atoms with van der Waals surface area (Å²) in [5.74, 6) is -1.02. The average Bonchev–Trinajstić information content (AvgIpc) is 2.87. The van der Waals surface area contributed by atoms with Crippen molar-refractivity contribution in [2.45, 2.75) is 26.8 Å². The number of ether oxygens (including phenoxy) is 2. The zero-order valence-corrected chi connectivity index (χ0v) is 22.5. The number of hydrogen-bond acceptors (Lipinski definition) is 9. The zero-order chi connectivity index (χ0) is 27.7. The highest BCUT2D eigenvalue weighted by molar-refractivity contribution is 8.00. The van der Waals surface area contributed by atoms with Crippen molar-refractivity contribution in [2.75, 3.05) is 35.4 Å². The number of nitrogens with one attached hydrogen (secondary N) is 3. The Kier molecular flexibility index (Phi) is 10.5. The molecule has 202 valence electrons. The minimum Gasteiger partial charge on any atom is -0.492 e. The molecule has 0 spiro atoms. The minimum atomic E-state index is -0.873. The number of anilines is 3. The van der Waals surface area contributed by atoms with E-state index in [-0.39, 0.29) is 23.1 Å². The van der Waals surface area contributed by atoms with Crippen LogP contribution in [0.2, 0.25) is 5.02 Å². The van der Waals surface area contributed by atoms with E-state index in [1.807, 2.05) is 0 Å². The number of benzene rings is 2. The van der Waals surface area contributed by atoms with Gasteiger partial charge in [0.15, 0.2) is 0 Å². The van der Waals surface area contributed by atoms with E-state index in [1.165, 1.54) is 24.5 Å². The number of rotatable bonds is 12. The molecule has 13 heteroatoms. The predicted molar refractivity (Wildman–Crippen MR) is 146 cm³/mol. The summed E-state index contributed by atoms with van der Waals surface area (Å²) in [6, 6.07) is 6.61. The Hall–Kier alpha value is -3.64. The number of aromatic nitrogens is 2. The van der Waals surface area contributed by atoms with Gasteiger partial charge in [0.25, 0.3) is 0 Å². The van der Waals surface area contributed by atoms with Crippen LogP contribution in [0, 0.1) is 5.82 Å². The molecule has 3 N–H and O–H groups in total. The first-order valence-corrected chi connectivity index (χ1v) is 13.2. The Morgan fingerprint density at radius 2 is 1.89 bits per heavy atom. The average molecular weight is 564 g/mol. The second-order valence-electron chi connectivity index (χ2n) is 7.85. The summed E-state index contributed by atoms with van der Waals surface area (Å²) in [6.45, 7) is 5.65. The number of hydrogen-bond donors (Lipinski definition) is 3. The Morgan fingerprint density at radius 1 is 1.11 bits per heavy atom. The molecule has 38 heavy (non-hydrogen) atoms. The number of nitrogens with zero attached hydrogens (tertiary/aromatic N) is 2. The van der Waals surface area contributed by atoms with Crippen molar-refractivity contribution in [3.05, 3.63) is 47.5 Å². The van der Waals surface area contributed by atoms with Crippen molar-refractivity contribution in [1.82, 2.24) is 15.3 Å². The van der Waals surface area contributed by atoms with Crippen LogP contribution < -0.4 is 20.7 Å². The molecule has 0 saturated heterocycles. The molecule has 1 aromatic heterocycles. The highest BCUT2D eigenvalue weighted by atomic mass is 35.5. The monoisotopic (exact) mass is 563 g/mol. The van der Waals surface area contributed by atoms with Gasteiger partial charge < -0.3 is 25.4 Å². The molecular formula is C25H27ClFN5O5S. The summed E-state index contributed by atoms with van der Waals surface area (Å²) in [5, 5.41) is 8.97. The van der Waals surface area contributed by atoms with Crippen molar-refractivity contribution in [1.29, 1.82) is 0 Å². The van der Waals surface area contributed by atoms with Crippen LogP contribution in [-0.4, -0.2) is 58.5 Å². The van der Waals surface area contributed by atoms with Gasteiger partial charge in [-0.3, -0.25) is 14.4 Å². The Balaban J connectivity index is 1.76. The number of carbonyl (C=O) groups excluding carboxylic acids is 3. The number of carbonyl (C=O) groups is 3. The van der Waals surface area contributed by atoms with Gasteiger partial charge in [-0.05, 0) is 45.0 Å². The number of amides is 2. The second kappa shape index (κ2) is 13.8. The van der Waals surface area contributed by atoms with Crippen LogP contribution in [0.1, 0.15) is 20.8 Å². The van der Waals surface area contributed by atoms with Crippen LogP contribution in [0.3, 0.4) is 0 Å². The van der Waals surface area contributed by atoms with Crippen molar-refractivity contribution in [3.63, 3.8) is 0 Å². The third-order valence-electron chi connectivity index (χ3n) is 5.01. The molecule has 1 heterocycles. The number of esters is 1. The summed E-state index contributed by atoms with van der Waals surface area (Å²) >= 11 is 6.99. The molecule has 2 amide bonds. The molecule has 0 bridgehead atoms. The van der Waals surface area contributed by atoms with Crippen molar-refractivity contribution in [3.8, 4) is 5.75 Å². The third kappa shape index (κ3) is 7.93. The summed E-state index contributed by atoms with van der Waals surface area (Å²) in [4.78, 5) is 45.1. The van der Waals surface area contributed by atoms with Gasteiger partial charge in [0.05, 0.1) is 40.9 Å². The lowest BCUT2D eigenvalue weighted by atomic mass is 10.1. The SMILES string of the molecule is CCOC(=O)CSCC(=O)N[C@H](C)C(=O)Nc1cc2c(Nc3ccc(F)c(Cl)c3)ncnc2cc1OCC. The first-order valence-electron chi connectivity index (χ1n) is 11.7. The largest absolute Gasteiger partial charge is 0.492 e. The molecule has 0 aliphatic rings. The lowest BCUT2D eigenvalue weighted by Crippen LogP contribution is -2.42. The summed E-state index contributed by atoms with van der Waals surface area (Å²) < 4.78 is 24.1. The Bertz CT molecular complexity index is 1330. The second-order valence-corrected chi connectivity index (χ2v) is 9.24. The summed E-state index contributed by atoms with van der Waals surface area (Å²) in [6.07, 6.45) is 1.36. The van der Waals surface area contributed by atoms with E-state index in [4.69, 9.17) is 21.1 Å². The maximum Gasteiger partial charge on any atom is 0.315 e. The molecule has 1 atom stereocenters. The van der Waals surface area contributed by atoms with Crippen LogP contribution in [0.25, 0.3) is 10.9 Å². The maximum atomic E-state index is 13.6. The molecule has 10 nitrogen and oxygen atoms in total. The van der Waals surface area contributed by atoms with E-state index in [2.05, 4.69) is 25.9 Å². The molecule has 3 aromatic rings. The number of halogens is 2. The zero-order valence-electron chi connectivity index (χ0n) is 21.0. The van der Waals surface area contributed by atoms with Crippen LogP contribution in [0.15, 0.2) is 36.7 Å². The topological polar surface area (TPSA) is 132 Å². The van der Waals surface area contributed by atoms with E-state index in [0.29, 0.717) is 40.5 Å². The maximum absolute atomic E-state index is 13.6. The third-order valence-corrected chi connectivity index (χ3v) is 6.20. The first-order chi connectivity index (χ1) is 18.2. The van der Waals surface area contributed by atoms with Crippen LogP contribution in [0.5, 0.6) is 5.75 Å². The smallest absolute Gasteiger partial charge is 0.315 e. The number of thioether (sulfide) groups is 1. The molecule has 0 unspecified atom stereocenters. The fourth-order valence-corrected chi connectivity index (χ4v) is 4.09. The lowest BCUT2D eigenvalue weighted by molar-refractivity contribution is -0.139. The normalized spacial score (nSPS) is 11.5. The van der Waals surface area contributed by atoms with Gasteiger partial charge in [-0.15, -0.1) is 11.8 Å². The Labute approximate surface area is 228 Å². The van der Waals surface area contributed by atoms with Crippen molar-refractivity contribution >= 4 is 69.2 Å². The molecule has 3 rings (SSSR count). The van der Waals surface area contributed by atoms with E-state index in [9.17, 15) is 18.8 Å². The lowest BCUT2D eigenvalue weighted by Gasteiger charge is -2.17. The molecular weight excluding hydrogens is 537 g/mol. The number of fused-ring (bicyclic) bond motifs is 1. The van der Waals surface area contributed by atoms with E-state index < -0.39 is 29.6 Å². The fourth-order valence-electron chi connectivity index (χ4n) is 3.29. The minimum absolute atomic E-state index is 0.00360. The Morgan fingerprint density at radius 3 is 2.61 bits per heavy atom. The fraction of sp³-hybridized carbons (Fsp3) is 0.320. The van der Waals surface area contributed by atoms with Crippen molar-refractivity contribution in [2.24, 2.45) is 0 Å². The molecule has 0 radical (unpaired) electrons. The molecule has 0 saturated carbocycles. The van der Waals surface area contributed by atoms with Gasteiger partial charge in [0.2, 0.25) is 11.8 Å². The van der Waals surface area contributed by atoms with Gasteiger partial charge >= 0.3 is 5.97 Å². The van der Waals surface area contributed by atoms with Crippen LogP contribution in [-0.2, 0) is 19.1 Å². The van der Waals surface area contributed by atoms with E-state index in [1.54, 1.807) is 32.9 Å². The molecule has 0 fully saturated rings. The van der Waals surface area contributed by atoms with Crippen LogP contribution >= 0.6 is 23.4 Å². The van der Waals surface area contributed by atoms with E-state index in [0.717, 1.165) is 11.8 Å².